The Hall–Kier alpha value is -0.670. The molecule has 2 atom stereocenters. The summed E-state index contributed by atoms with van der Waals surface area (Å²) >= 11 is 3.39. The van der Waals surface area contributed by atoms with E-state index in [0.717, 1.165) is 22.9 Å². The van der Waals surface area contributed by atoms with Crippen molar-refractivity contribution >= 4 is 21.7 Å². The number of rotatable bonds is 5. The van der Waals surface area contributed by atoms with E-state index in [-0.39, 0.29) is 18.5 Å². The number of carbonyl (C=O) groups is 1. The Balaban J connectivity index is 1.89. The maximum Gasteiger partial charge on any atom is 0.188 e. The highest BCUT2D eigenvalue weighted by Crippen LogP contribution is 2.29. The number of halogens is 1. The zero-order chi connectivity index (χ0) is 13.7. The minimum atomic E-state index is 0.0710. The van der Waals surface area contributed by atoms with Crippen molar-refractivity contribution in [1.82, 2.24) is 0 Å². The minimum Gasteiger partial charge on any atom is -0.370 e. The van der Waals surface area contributed by atoms with E-state index in [1.165, 1.54) is 19.3 Å². The molecule has 0 radical (unpaired) electrons. The topological polar surface area (TPSA) is 26.3 Å². The van der Waals surface area contributed by atoms with Gasteiger partial charge in [0.1, 0.15) is 6.61 Å². The Bertz CT molecular complexity index is 431. The summed E-state index contributed by atoms with van der Waals surface area (Å²) in [6.07, 6.45) is 6.30. The van der Waals surface area contributed by atoms with Gasteiger partial charge in [-0.3, -0.25) is 4.79 Å². The predicted octanol–water partition coefficient (Wildman–Crippen LogP) is 4.62. The van der Waals surface area contributed by atoms with Crippen LogP contribution in [0.2, 0.25) is 0 Å². The number of hydrogen-bond acceptors (Lipinski definition) is 2. The van der Waals surface area contributed by atoms with Crippen molar-refractivity contribution in [1.29, 1.82) is 0 Å². The molecule has 0 N–H and O–H groups in total. The Morgan fingerprint density at radius 3 is 2.89 bits per heavy atom. The van der Waals surface area contributed by atoms with Gasteiger partial charge in [-0.1, -0.05) is 54.2 Å². The first-order chi connectivity index (χ1) is 9.20. The van der Waals surface area contributed by atoms with Crippen LogP contribution in [-0.4, -0.2) is 18.5 Å². The van der Waals surface area contributed by atoms with Gasteiger partial charge in [0.25, 0.3) is 0 Å². The molecule has 0 saturated heterocycles. The van der Waals surface area contributed by atoms with Crippen molar-refractivity contribution in [3.63, 3.8) is 0 Å². The number of ketones is 1. The molecule has 3 heteroatoms. The van der Waals surface area contributed by atoms with Crippen molar-refractivity contribution < 1.29 is 9.53 Å². The molecule has 104 valence electrons. The van der Waals surface area contributed by atoms with Gasteiger partial charge in [0.15, 0.2) is 5.78 Å². The predicted molar refractivity (Wildman–Crippen MR) is 80.5 cm³/mol. The first-order valence-electron chi connectivity index (χ1n) is 7.11. The fourth-order valence-corrected chi connectivity index (χ4v) is 3.19. The van der Waals surface area contributed by atoms with Gasteiger partial charge in [-0.05, 0) is 30.9 Å². The fourth-order valence-electron chi connectivity index (χ4n) is 2.79. The van der Waals surface area contributed by atoms with Crippen molar-refractivity contribution in [3.05, 3.63) is 34.3 Å². The molecule has 2 unspecified atom stereocenters. The molecule has 0 aliphatic heterocycles. The third-order valence-corrected chi connectivity index (χ3v) is 4.43. The summed E-state index contributed by atoms with van der Waals surface area (Å²) in [6, 6.07) is 7.50. The lowest BCUT2D eigenvalue weighted by atomic mass is 9.85. The highest BCUT2D eigenvalue weighted by molar-refractivity contribution is 9.10. The molecule has 1 saturated carbocycles. The van der Waals surface area contributed by atoms with Crippen molar-refractivity contribution in [3.8, 4) is 0 Å². The Kier molecular flexibility index (Phi) is 5.59. The number of carbonyl (C=O) groups excluding carboxylic acids is 1. The Morgan fingerprint density at radius 1 is 1.37 bits per heavy atom. The van der Waals surface area contributed by atoms with Gasteiger partial charge in [0.2, 0.25) is 0 Å². The molecule has 1 aromatic carbocycles. The van der Waals surface area contributed by atoms with Gasteiger partial charge in [-0.15, -0.1) is 0 Å². The van der Waals surface area contributed by atoms with Gasteiger partial charge < -0.3 is 4.74 Å². The van der Waals surface area contributed by atoms with Gasteiger partial charge >= 0.3 is 0 Å². The monoisotopic (exact) mass is 324 g/mol. The van der Waals surface area contributed by atoms with Crippen LogP contribution in [0.15, 0.2) is 28.7 Å². The molecule has 19 heavy (non-hydrogen) atoms. The van der Waals surface area contributed by atoms with E-state index in [0.29, 0.717) is 5.92 Å². The molecule has 2 rings (SSSR count). The van der Waals surface area contributed by atoms with Crippen LogP contribution in [0.3, 0.4) is 0 Å². The van der Waals surface area contributed by atoms with Crippen LogP contribution in [-0.2, 0) is 4.74 Å². The second kappa shape index (κ2) is 7.20. The normalized spacial score (nSPS) is 23.3. The quantitative estimate of drug-likeness (QED) is 0.739. The van der Waals surface area contributed by atoms with E-state index in [1.54, 1.807) is 0 Å². The number of ether oxygens (including phenoxy) is 1. The minimum absolute atomic E-state index is 0.0710. The van der Waals surface area contributed by atoms with E-state index in [2.05, 4.69) is 22.9 Å². The first kappa shape index (κ1) is 14.7. The Morgan fingerprint density at radius 2 is 2.16 bits per heavy atom. The van der Waals surface area contributed by atoms with E-state index in [1.807, 2.05) is 24.3 Å². The smallest absolute Gasteiger partial charge is 0.188 e. The first-order valence-corrected chi connectivity index (χ1v) is 7.90. The molecule has 0 spiro atoms. The summed E-state index contributed by atoms with van der Waals surface area (Å²) in [5, 5.41) is 0. The van der Waals surface area contributed by atoms with Crippen LogP contribution in [0.25, 0.3) is 0 Å². The fraction of sp³-hybridized carbons (Fsp3) is 0.562. The second-order valence-electron chi connectivity index (χ2n) is 5.24. The van der Waals surface area contributed by atoms with Crippen LogP contribution in [0.4, 0.5) is 0 Å². The number of benzene rings is 1. The lowest BCUT2D eigenvalue weighted by Crippen LogP contribution is -2.29. The molecule has 1 aromatic rings. The maximum absolute atomic E-state index is 12.1. The van der Waals surface area contributed by atoms with Crippen LogP contribution in [0.5, 0.6) is 0 Å². The lowest BCUT2D eigenvalue weighted by Gasteiger charge is -2.30. The summed E-state index contributed by atoms with van der Waals surface area (Å²) in [4.78, 5) is 12.1. The Labute approximate surface area is 123 Å². The summed E-state index contributed by atoms with van der Waals surface area (Å²) < 4.78 is 6.81. The maximum atomic E-state index is 12.1. The number of hydrogen-bond donors (Lipinski definition) is 0. The van der Waals surface area contributed by atoms with Crippen molar-refractivity contribution in [2.45, 2.75) is 45.1 Å². The zero-order valence-electron chi connectivity index (χ0n) is 11.4. The van der Waals surface area contributed by atoms with Gasteiger partial charge in [-0.2, -0.15) is 0 Å². The molecule has 1 aliphatic carbocycles. The standard InChI is InChI=1S/C16H21BrO2/c1-2-12-6-3-4-9-16(12)19-11-15(18)13-7-5-8-14(17)10-13/h5,7-8,10,12,16H,2-4,6,9,11H2,1H3. The molecular weight excluding hydrogens is 304 g/mol. The van der Waals surface area contributed by atoms with Crippen LogP contribution < -0.4 is 0 Å². The summed E-state index contributed by atoms with van der Waals surface area (Å²) in [5.41, 5.74) is 0.721. The lowest BCUT2D eigenvalue weighted by molar-refractivity contribution is -0.00570. The van der Waals surface area contributed by atoms with Gasteiger partial charge in [0.05, 0.1) is 6.10 Å². The molecular formula is C16H21BrO2. The van der Waals surface area contributed by atoms with Crippen LogP contribution in [0.1, 0.15) is 49.4 Å². The van der Waals surface area contributed by atoms with Crippen molar-refractivity contribution in [2.75, 3.05) is 6.61 Å². The van der Waals surface area contributed by atoms with Gasteiger partial charge in [-0.25, -0.2) is 0 Å². The average molecular weight is 325 g/mol. The molecule has 0 bridgehead atoms. The molecule has 0 amide bonds. The average Bonchev–Trinajstić information content (AvgIpc) is 2.45. The highest BCUT2D eigenvalue weighted by Gasteiger charge is 2.24. The summed E-state index contributed by atoms with van der Waals surface area (Å²) in [6.45, 7) is 2.42. The largest absolute Gasteiger partial charge is 0.370 e. The van der Waals surface area contributed by atoms with Crippen LogP contribution in [0, 0.1) is 5.92 Å². The highest BCUT2D eigenvalue weighted by atomic mass is 79.9. The van der Waals surface area contributed by atoms with E-state index < -0.39 is 0 Å². The third kappa shape index (κ3) is 4.15. The molecule has 0 heterocycles. The third-order valence-electron chi connectivity index (χ3n) is 3.94. The van der Waals surface area contributed by atoms with Gasteiger partial charge in [0, 0.05) is 10.0 Å². The SMILES string of the molecule is CCC1CCCCC1OCC(=O)c1cccc(Br)c1. The van der Waals surface area contributed by atoms with E-state index >= 15 is 0 Å². The van der Waals surface area contributed by atoms with Crippen LogP contribution >= 0.6 is 15.9 Å². The van der Waals surface area contributed by atoms with E-state index in [9.17, 15) is 4.79 Å². The molecule has 1 aliphatic rings. The summed E-state index contributed by atoms with van der Waals surface area (Å²) in [7, 11) is 0. The zero-order valence-corrected chi connectivity index (χ0v) is 13.0. The second-order valence-corrected chi connectivity index (χ2v) is 6.15. The molecule has 2 nitrogen and oxygen atoms in total. The number of Topliss-reactive ketones (excluding diaryl/α,β-unsaturated/α-hetero) is 1. The molecule has 0 aromatic heterocycles. The van der Waals surface area contributed by atoms with E-state index in [4.69, 9.17) is 4.74 Å². The summed E-state index contributed by atoms with van der Waals surface area (Å²) in [5.74, 6) is 0.700. The van der Waals surface area contributed by atoms with Crippen molar-refractivity contribution in [2.24, 2.45) is 5.92 Å². The molecule has 1 fully saturated rings.